The number of allylic oxidation sites excluding steroid dienone is 6. The minimum absolute atomic E-state index is 0.943. The molecule has 21 heavy (non-hydrogen) atoms. The molecule has 2 rings (SSSR count). The molecule has 0 aliphatic rings. The summed E-state index contributed by atoms with van der Waals surface area (Å²) < 4.78 is 0. The number of hydrogen-bond donors (Lipinski definition) is 0. The summed E-state index contributed by atoms with van der Waals surface area (Å²) >= 11 is 0. The first kappa shape index (κ1) is 14.8. The van der Waals surface area contributed by atoms with Crippen molar-refractivity contribution in [2.45, 2.75) is 6.42 Å². The molecule has 0 aliphatic carbocycles. The van der Waals surface area contributed by atoms with Crippen LogP contribution in [-0.2, 0) is 0 Å². The molecule has 0 aliphatic heterocycles. The number of benzene rings is 2. The molecule has 0 N–H and O–H groups in total. The van der Waals surface area contributed by atoms with Gasteiger partial charge in [-0.2, -0.15) is 0 Å². The molecule has 0 spiro atoms. The zero-order chi connectivity index (χ0) is 14.6. The van der Waals surface area contributed by atoms with Gasteiger partial charge in [-0.15, -0.1) is 0 Å². The Labute approximate surface area is 127 Å². The first-order valence-electron chi connectivity index (χ1n) is 7.22. The summed E-state index contributed by atoms with van der Waals surface area (Å²) in [5.41, 5.74) is 2.45. The minimum atomic E-state index is 0.943. The van der Waals surface area contributed by atoms with Crippen molar-refractivity contribution < 1.29 is 0 Å². The van der Waals surface area contributed by atoms with Gasteiger partial charge in [0.15, 0.2) is 0 Å². The van der Waals surface area contributed by atoms with Gasteiger partial charge in [-0.3, -0.25) is 0 Å². The van der Waals surface area contributed by atoms with Crippen LogP contribution in [0.1, 0.15) is 17.5 Å². The summed E-state index contributed by atoms with van der Waals surface area (Å²) in [6.07, 6.45) is 17.8. The third kappa shape index (κ3) is 6.40. The van der Waals surface area contributed by atoms with E-state index in [-0.39, 0.29) is 0 Å². The van der Waals surface area contributed by atoms with E-state index in [1.54, 1.807) is 0 Å². The molecule has 104 valence electrons. The third-order valence-corrected chi connectivity index (χ3v) is 2.94. The maximum absolute atomic E-state index is 2.15. The highest BCUT2D eigenvalue weighted by molar-refractivity contribution is 5.51. The van der Waals surface area contributed by atoms with Gasteiger partial charge in [0.1, 0.15) is 0 Å². The van der Waals surface area contributed by atoms with Crippen LogP contribution in [0, 0.1) is 0 Å². The molecule has 0 atom stereocenters. The summed E-state index contributed by atoms with van der Waals surface area (Å²) in [6, 6.07) is 20.6. The van der Waals surface area contributed by atoms with E-state index in [1.165, 1.54) is 11.1 Å². The van der Waals surface area contributed by atoms with Crippen molar-refractivity contribution in [1.29, 1.82) is 0 Å². The van der Waals surface area contributed by atoms with E-state index in [0.29, 0.717) is 0 Å². The Bertz CT molecular complexity index is 556. The topological polar surface area (TPSA) is 0 Å². The van der Waals surface area contributed by atoms with Crippen LogP contribution in [0.4, 0.5) is 0 Å². The normalized spacial score (nSPS) is 12.2. The van der Waals surface area contributed by atoms with E-state index < -0.39 is 0 Å². The van der Waals surface area contributed by atoms with Crippen LogP contribution in [0.25, 0.3) is 12.2 Å². The zero-order valence-corrected chi connectivity index (χ0v) is 12.1. The minimum Gasteiger partial charge on any atom is -0.0807 e. The highest BCUT2D eigenvalue weighted by Gasteiger charge is 1.80. The van der Waals surface area contributed by atoms with Crippen LogP contribution in [0.15, 0.2) is 97.1 Å². The molecule has 0 saturated heterocycles. The van der Waals surface area contributed by atoms with Gasteiger partial charge in [-0.1, -0.05) is 109 Å². The first-order chi connectivity index (χ1) is 10.4. The molecule has 0 saturated carbocycles. The van der Waals surface area contributed by atoms with Gasteiger partial charge in [0.05, 0.1) is 0 Å². The van der Waals surface area contributed by atoms with Crippen molar-refractivity contribution in [1.82, 2.24) is 0 Å². The molecule has 0 amide bonds. The molecule has 0 bridgehead atoms. The molecule has 0 radical (unpaired) electrons. The van der Waals surface area contributed by atoms with Gasteiger partial charge in [0, 0.05) is 0 Å². The summed E-state index contributed by atoms with van der Waals surface area (Å²) in [5, 5.41) is 0. The second-order valence-electron chi connectivity index (χ2n) is 4.63. The molecule has 0 heteroatoms. The van der Waals surface area contributed by atoms with Crippen molar-refractivity contribution >= 4 is 12.2 Å². The molecule has 2 aromatic carbocycles. The van der Waals surface area contributed by atoms with E-state index in [1.807, 2.05) is 36.4 Å². The summed E-state index contributed by atoms with van der Waals surface area (Å²) in [4.78, 5) is 0. The molecular formula is C21H20. The van der Waals surface area contributed by atoms with Gasteiger partial charge in [0.25, 0.3) is 0 Å². The van der Waals surface area contributed by atoms with Gasteiger partial charge >= 0.3 is 0 Å². The smallest absolute Gasteiger partial charge is 0.0163 e. The lowest BCUT2D eigenvalue weighted by molar-refractivity contribution is 1.39. The summed E-state index contributed by atoms with van der Waals surface area (Å²) in [6.45, 7) is 0. The van der Waals surface area contributed by atoms with Crippen molar-refractivity contribution in [3.8, 4) is 0 Å². The van der Waals surface area contributed by atoms with Crippen LogP contribution in [-0.4, -0.2) is 0 Å². The fraction of sp³-hybridized carbons (Fsp3) is 0.0476. The van der Waals surface area contributed by atoms with Crippen molar-refractivity contribution in [2.24, 2.45) is 0 Å². The average molecular weight is 272 g/mol. The van der Waals surface area contributed by atoms with Crippen molar-refractivity contribution in [2.75, 3.05) is 0 Å². The van der Waals surface area contributed by atoms with E-state index in [9.17, 15) is 0 Å². The molecule has 0 aromatic heterocycles. The first-order valence-corrected chi connectivity index (χ1v) is 7.22. The van der Waals surface area contributed by atoms with Crippen LogP contribution >= 0.6 is 0 Å². The Kier molecular flexibility index (Phi) is 6.57. The van der Waals surface area contributed by atoms with E-state index >= 15 is 0 Å². The Hall–Kier alpha value is -2.60. The zero-order valence-electron chi connectivity index (χ0n) is 12.1. The van der Waals surface area contributed by atoms with Crippen molar-refractivity contribution in [3.05, 3.63) is 108 Å². The Morgan fingerprint density at radius 3 is 1.38 bits per heavy atom. The van der Waals surface area contributed by atoms with Crippen LogP contribution in [0.3, 0.4) is 0 Å². The maximum atomic E-state index is 2.15. The molecular weight excluding hydrogens is 252 g/mol. The monoisotopic (exact) mass is 272 g/mol. The fourth-order valence-corrected chi connectivity index (χ4v) is 1.85. The lowest BCUT2D eigenvalue weighted by atomic mass is 10.2. The largest absolute Gasteiger partial charge is 0.0807 e. The maximum Gasteiger partial charge on any atom is -0.0163 e. The average Bonchev–Trinajstić information content (AvgIpc) is 2.55. The molecule has 0 heterocycles. The van der Waals surface area contributed by atoms with E-state index in [2.05, 4.69) is 72.9 Å². The summed E-state index contributed by atoms with van der Waals surface area (Å²) in [5.74, 6) is 0. The standard InChI is InChI=1S/C21H20/c1(2-4-8-14-20-16-10-6-11-17-20)3-5-9-15-21-18-12-7-13-19-21/h2-19H,1H2/b4-2+,5-3+,14-8+,15-9+. The second-order valence-corrected chi connectivity index (χ2v) is 4.63. The van der Waals surface area contributed by atoms with Gasteiger partial charge in [0.2, 0.25) is 0 Å². The number of rotatable bonds is 6. The lowest BCUT2D eigenvalue weighted by Gasteiger charge is -1.88. The molecule has 0 fully saturated rings. The molecule has 0 unspecified atom stereocenters. The lowest BCUT2D eigenvalue weighted by Crippen LogP contribution is -1.67. The predicted molar refractivity (Wildman–Crippen MR) is 93.8 cm³/mol. The van der Waals surface area contributed by atoms with Gasteiger partial charge < -0.3 is 0 Å². The summed E-state index contributed by atoms with van der Waals surface area (Å²) in [7, 11) is 0. The van der Waals surface area contributed by atoms with Crippen LogP contribution in [0.5, 0.6) is 0 Å². The van der Waals surface area contributed by atoms with Crippen LogP contribution in [0.2, 0.25) is 0 Å². The highest BCUT2D eigenvalue weighted by Crippen LogP contribution is 2.02. The molecule has 0 nitrogen and oxygen atoms in total. The van der Waals surface area contributed by atoms with Crippen molar-refractivity contribution in [3.63, 3.8) is 0 Å². The fourth-order valence-electron chi connectivity index (χ4n) is 1.85. The Morgan fingerprint density at radius 2 is 0.952 bits per heavy atom. The number of hydrogen-bond acceptors (Lipinski definition) is 0. The predicted octanol–water partition coefficient (Wildman–Crippen LogP) is 5.92. The molecule has 2 aromatic rings. The second kappa shape index (κ2) is 9.33. The highest BCUT2D eigenvalue weighted by atomic mass is 13.9. The Morgan fingerprint density at radius 1 is 0.524 bits per heavy atom. The van der Waals surface area contributed by atoms with Gasteiger partial charge in [-0.25, -0.2) is 0 Å². The van der Waals surface area contributed by atoms with Crippen LogP contribution < -0.4 is 0 Å². The Balaban J connectivity index is 1.69. The quantitative estimate of drug-likeness (QED) is 0.573. The van der Waals surface area contributed by atoms with E-state index in [4.69, 9.17) is 0 Å². The van der Waals surface area contributed by atoms with Gasteiger partial charge in [-0.05, 0) is 17.5 Å². The third-order valence-electron chi connectivity index (χ3n) is 2.94. The van der Waals surface area contributed by atoms with E-state index in [0.717, 1.165) is 6.42 Å². The SMILES string of the molecule is C(/C=C/c1ccccc1)=C\C/C=C/C=C/c1ccccc1.